The monoisotopic (exact) mass is 339 g/mol. The van der Waals surface area contributed by atoms with E-state index in [0.717, 1.165) is 12.8 Å². The Hall–Kier alpha value is -3.15. The molecule has 0 aliphatic rings. The van der Waals surface area contributed by atoms with E-state index in [-0.39, 0.29) is 17.4 Å². The molecule has 0 saturated carbocycles. The topological polar surface area (TPSA) is 101 Å². The molecule has 0 heterocycles. The lowest BCUT2D eigenvalue weighted by Gasteiger charge is -2.09. The van der Waals surface area contributed by atoms with Crippen molar-refractivity contribution in [1.82, 2.24) is 0 Å². The predicted octanol–water partition coefficient (Wildman–Crippen LogP) is 3.17. The maximum atomic E-state index is 12.3. The molecule has 6 nitrogen and oxygen atoms in total. The van der Waals surface area contributed by atoms with Crippen LogP contribution in [0.4, 0.5) is 11.4 Å². The van der Waals surface area contributed by atoms with Gasteiger partial charge < -0.3 is 16.4 Å². The van der Waals surface area contributed by atoms with Gasteiger partial charge in [0.1, 0.15) is 0 Å². The number of carbonyl (C=O) groups excluding carboxylic acids is 3. The van der Waals surface area contributed by atoms with Crippen molar-refractivity contribution in [1.29, 1.82) is 0 Å². The number of carbonyl (C=O) groups is 3. The van der Waals surface area contributed by atoms with Gasteiger partial charge in [0.15, 0.2) is 0 Å². The molecule has 3 amide bonds. The van der Waals surface area contributed by atoms with Gasteiger partial charge in [-0.1, -0.05) is 25.5 Å². The smallest absolute Gasteiger partial charge is 0.255 e. The molecule has 0 spiro atoms. The molecule has 0 saturated heterocycles. The van der Waals surface area contributed by atoms with E-state index in [0.29, 0.717) is 23.4 Å². The van der Waals surface area contributed by atoms with Gasteiger partial charge in [0, 0.05) is 17.7 Å². The first-order valence-electron chi connectivity index (χ1n) is 8.11. The zero-order chi connectivity index (χ0) is 18.2. The van der Waals surface area contributed by atoms with E-state index in [4.69, 9.17) is 5.73 Å². The molecule has 2 aromatic carbocycles. The number of benzene rings is 2. The molecular weight excluding hydrogens is 318 g/mol. The fourth-order valence-corrected chi connectivity index (χ4v) is 2.27. The van der Waals surface area contributed by atoms with Gasteiger partial charge in [0.25, 0.3) is 11.8 Å². The standard InChI is InChI=1S/C19H21N3O3/c1-2-3-8-17(23)21-14-11-9-13(10-12-14)19(25)22-16-7-5-4-6-15(16)18(20)24/h4-7,9-12H,2-3,8H2,1H3,(H2,20,24)(H,21,23)(H,22,25). The Labute approximate surface area is 146 Å². The molecule has 130 valence electrons. The van der Waals surface area contributed by atoms with Crippen LogP contribution in [0.5, 0.6) is 0 Å². The summed E-state index contributed by atoms with van der Waals surface area (Å²) in [5.74, 6) is -1.02. The highest BCUT2D eigenvalue weighted by Gasteiger charge is 2.12. The zero-order valence-electron chi connectivity index (χ0n) is 14.0. The van der Waals surface area contributed by atoms with Crippen molar-refractivity contribution in [2.75, 3.05) is 10.6 Å². The highest BCUT2D eigenvalue weighted by molar-refractivity contribution is 6.08. The average Bonchev–Trinajstić information content (AvgIpc) is 2.60. The highest BCUT2D eigenvalue weighted by atomic mass is 16.2. The normalized spacial score (nSPS) is 10.1. The first-order chi connectivity index (χ1) is 12.0. The van der Waals surface area contributed by atoms with E-state index in [2.05, 4.69) is 10.6 Å². The second-order valence-corrected chi connectivity index (χ2v) is 5.59. The van der Waals surface area contributed by atoms with Crippen LogP contribution in [0.3, 0.4) is 0 Å². The van der Waals surface area contributed by atoms with Crippen LogP contribution in [-0.2, 0) is 4.79 Å². The number of amides is 3. The maximum Gasteiger partial charge on any atom is 0.255 e. The van der Waals surface area contributed by atoms with Gasteiger partial charge in [0.2, 0.25) is 5.91 Å². The molecule has 4 N–H and O–H groups in total. The Kier molecular flexibility index (Phi) is 6.28. The minimum absolute atomic E-state index is 0.0468. The number of primary amides is 1. The number of anilines is 2. The molecule has 0 fully saturated rings. The van der Waals surface area contributed by atoms with E-state index < -0.39 is 5.91 Å². The van der Waals surface area contributed by atoms with Gasteiger partial charge in [-0.15, -0.1) is 0 Å². The fourth-order valence-electron chi connectivity index (χ4n) is 2.27. The van der Waals surface area contributed by atoms with E-state index in [1.807, 2.05) is 6.92 Å². The molecule has 0 aliphatic carbocycles. The first kappa shape index (κ1) is 18.2. The lowest BCUT2D eigenvalue weighted by molar-refractivity contribution is -0.116. The molecule has 0 unspecified atom stereocenters. The third-order valence-electron chi connectivity index (χ3n) is 3.63. The van der Waals surface area contributed by atoms with Crippen LogP contribution in [0.2, 0.25) is 0 Å². The molecule has 0 aromatic heterocycles. The minimum atomic E-state index is -0.610. The summed E-state index contributed by atoms with van der Waals surface area (Å²) in [4.78, 5) is 35.4. The lowest BCUT2D eigenvalue weighted by atomic mass is 10.1. The summed E-state index contributed by atoms with van der Waals surface area (Å²) in [5.41, 5.74) is 6.95. The van der Waals surface area contributed by atoms with Crippen LogP contribution in [0.1, 0.15) is 46.9 Å². The van der Waals surface area contributed by atoms with Crippen molar-refractivity contribution in [3.8, 4) is 0 Å². The predicted molar refractivity (Wildman–Crippen MR) is 97.5 cm³/mol. The highest BCUT2D eigenvalue weighted by Crippen LogP contribution is 2.17. The number of hydrogen-bond acceptors (Lipinski definition) is 3. The second kappa shape index (κ2) is 8.63. The van der Waals surface area contributed by atoms with Crippen LogP contribution in [0, 0.1) is 0 Å². The summed E-state index contributed by atoms with van der Waals surface area (Å²) >= 11 is 0. The summed E-state index contributed by atoms with van der Waals surface area (Å²) in [6, 6.07) is 13.1. The van der Waals surface area contributed by atoms with Gasteiger partial charge in [-0.25, -0.2) is 0 Å². The molecule has 2 aromatic rings. The van der Waals surface area contributed by atoms with Crippen LogP contribution in [0.25, 0.3) is 0 Å². The second-order valence-electron chi connectivity index (χ2n) is 5.59. The minimum Gasteiger partial charge on any atom is -0.366 e. The van der Waals surface area contributed by atoms with E-state index in [1.54, 1.807) is 48.5 Å². The van der Waals surface area contributed by atoms with Gasteiger partial charge in [-0.05, 0) is 42.8 Å². The fraction of sp³-hybridized carbons (Fsp3) is 0.211. The Morgan fingerprint density at radius 1 is 0.960 bits per heavy atom. The molecular formula is C19H21N3O3. The van der Waals surface area contributed by atoms with Crippen molar-refractivity contribution in [3.63, 3.8) is 0 Å². The molecule has 0 atom stereocenters. The summed E-state index contributed by atoms with van der Waals surface area (Å²) in [6.45, 7) is 2.02. The van der Waals surface area contributed by atoms with E-state index >= 15 is 0 Å². The van der Waals surface area contributed by atoms with Crippen molar-refractivity contribution in [2.24, 2.45) is 5.73 Å². The van der Waals surface area contributed by atoms with E-state index in [1.165, 1.54) is 0 Å². The summed E-state index contributed by atoms with van der Waals surface area (Å²) in [7, 11) is 0. The SMILES string of the molecule is CCCCC(=O)Nc1ccc(C(=O)Nc2ccccc2C(N)=O)cc1. The Bertz CT molecular complexity index is 770. The first-order valence-corrected chi connectivity index (χ1v) is 8.11. The number of para-hydroxylation sites is 1. The van der Waals surface area contributed by atoms with Gasteiger partial charge in [-0.3, -0.25) is 14.4 Å². The molecule has 2 rings (SSSR count). The summed E-state index contributed by atoms with van der Waals surface area (Å²) in [6.07, 6.45) is 2.27. The quantitative estimate of drug-likeness (QED) is 0.722. The third kappa shape index (κ3) is 5.17. The van der Waals surface area contributed by atoms with Crippen molar-refractivity contribution >= 4 is 29.1 Å². The lowest BCUT2D eigenvalue weighted by Crippen LogP contribution is -2.18. The molecule has 6 heteroatoms. The number of nitrogens with two attached hydrogens (primary N) is 1. The van der Waals surface area contributed by atoms with Crippen LogP contribution < -0.4 is 16.4 Å². The summed E-state index contributed by atoms with van der Waals surface area (Å²) < 4.78 is 0. The van der Waals surface area contributed by atoms with Crippen LogP contribution in [0.15, 0.2) is 48.5 Å². The maximum absolute atomic E-state index is 12.3. The number of unbranched alkanes of at least 4 members (excludes halogenated alkanes) is 1. The number of nitrogens with one attached hydrogen (secondary N) is 2. The molecule has 0 radical (unpaired) electrons. The van der Waals surface area contributed by atoms with Crippen LogP contribution in [-0.4, -0.2) is 17.7 Å². The number of rotatable bonds is 7. The third-order valence-corrected chi connectivity index (χ3v) is 3.63. The number of hydrogen-bond donors (Lipinski definition) is 3. The average molecular weight is 339 g/mol. The Balaban J connectivity index is 2.04. The van der Waals surface area contributed by atoms with Crippen molar-refractivity contribution < 1.29 is 14.4 Å². The van der Waals surface area contributed by atoms with Gasteiger partial charge in [0.05, 0.1) is 11.3 Å². The molecule has 0 aliphatic heterocycles. The molecule has 25 heavy (non-hydrogen) atoms. The summed E-state index contributed by atoms with van der Waals surface area (Å²) in [5, 5.41) is 5.45. The Morgan fingerprint density at radius 3 is 2.28 bits per heavy atom. The zero-order valence-corrected chi connectivity index (χ0v) is 14.0. The Morgan fingerprint density at radius 2 is 1.64 bits per heavy atom. The van der Waals surface area contributed by atoms with Crippen molar-refractivity contribution in [3.05, 3.63) is 59.7 Å². The van der Waals surface area contributed by atoms with Gasteiger partial charge >= 0.3 is 0 Å². The largest absolute Gasteiger partial charge is 0.366 e. The van der Waals surface area contributed by atoms with Gasteiger partial charge in [-0.2, -0.15) is 0 Å². The van der Waals surface area contributed by atoms with Crippen LogP contribution >= 0.6 is 0 Å². The van der Waals surface area contributed by atoms with E-state index in [9.17, 15) is 14.4 Å². The molecule has 0 bridgehead atoms. The van der Waals surface area contributed by atoms with Crippen molar-refractivity contribution in [2.45, 2.75) is 26.2 Å².